The van der Waals surface area contributed by atoms with Crippen molar-refractivity contribution in [1.29, 1.82) is 0 Å². The Morgan fingerprint density at radius 3 is 2.00 bits per heavy atom. The van der Waals surface area contributed by atoms with Crippen LogP contribution in [0.3, 0.4) is 0 Å². The second-order valence-electron chi connectivity index (χ2n) is 7.71. The summed E-state index contributed by atoms with van der Waals surface area (Å²) in [5, 5.41) is 3.21. The van der Waals surface area contributed by atoms with Gasteiger partial charge in [0.05, 0.1) is 0 Å². The molecule has 0 aromatic heterocycles. The number of rotatable bonds is 6. The number of hydrogen-bond donors (Lipinski definition) is 1. The Balaban J connectivity index is 1.72. The third-order valence-electron chi connectivity index (χ3n) is 5.30. The first-order valence-electron chi connectivity index (χ1n) is 10.8. The van der Waals surface area contributed by atoms with Gasteiger partial charge in [-0.2, -0.15) is 0 Å². The topological polar surface area (TPSA) is 38.3 Å². The van der Waals surface area contributed by atoms with E-state index in [2.05, 4.69) is 24.4 Å². The molecule has 0 unspecified atom stereocenters. The Morgan fingerprint density at radius 1 is 0.923 bits per heavy atom. The SMILES string of the molecule is CCCc1ccc(OCC(=O)NC2CCCCCCCCCCC2)cc1. The maximum Gasteiger partial charge on any atom is 0.258 e. The van der Waals surface area contributed by atoms with Crippen LogP contribution in [0.4, 0.5) is 0 Å². The molecule has 2 rings (SSSR count). The minimum atomic E-state index is 0.0136. The molecule has 0 spiro atoms. The Kier molecular flexibility index (Phi) is 10.2. The van der Waals surface area contributed by atoms with E-state index >= 15 is 0 Å². The Labute approximate surface area is 159 Å². The number of nitrogens with one attached hydrogen (secondary N) is 1. The van der Waals surface area contributed by atoms with Crippen molar-refractivity contribution in [2.24, 2.45) is 0 Å². The number of ether oxygens (including phenoxy) is 1. The number of aryl methyl sites for hydroxylation is 1. The van der Waals surface area contributed by atoms with Crippen LogP contribution in [0, 0.1) is 0 Å². The second kappa shape index (κ2) is 12.8. The van der Waals surface area contributed by atoms with Crippen LogP contribution < -0.4 is 10.1 Å². The third-order valence-corrected chi connectivity index (χ3v) is 5.30. The van der Waals surface area contributed by atoms with E-state index in [4.69, 9.17) is 4.74 Å². The fourth-order valence-corrected chi connectivity index (χ4v) is 3.77. The normalized spacial score (nSPS) is 17.7. The van der Waals surface area contributed by atoms with Crippen molar-refractivity contribution in [3.63, 3.8) is 0 Å². The summed E-state index contributed by atoms with van der Waals surface area (Å²) in [5.41, 5.74) is 1.32. The van der Waals surface area contributed by atoms with Gasteiger partial charge in [-0.3, -0.25) is 4.79 Å². The highest BCUT2D eigenvalue weighted by Crippen LogP contribution is 2.17. The van der Waals surface area contributed by atoms with E-state index in [0.717, 1.165) is 31.4 Å². The summed E-state index contributed by atoms with van der Waals surface area (Å²) in [6.07, 6.45) is 16.3. The van der Waals surface area contributed by atoms with Gasteiger partial charge in [0.1, 0.15) is 5.75 Å². The van der Waals surface area contributed by atoms with Crippen LogP contribution in [0.15, 0.2) is 24.3 Å². The fourth-order valence-electron chi connectivity index (χ4n) is 3.77. The summed E-state index contributed by atoms with van der Waals surface area (Å²) in [4.78, 5) is 12.3. The zero-order valence-electron chi connectivity index (χ0n) is 16.6. The predicted octanol–water partition coefficient (Wildman–Crippen LogP) is 5.81. The number of hydrogen-bond acceptors (Lipinski definition) is 2. The number of amides is 1. The third kappa shape index (κ3) is 8.73. The van der Waals surface area contributed by atoms with Crippen LogP contribution >= 0.6 is 0 Å². The molecule has 0 heterocycles. The summed E-state index contributed by atoms with van der Waals surface area (Å²) in [6.45, 7) is 2.29. The van der Waals surface area contributed by atoms with E-state index in [-0.39, 0.29) is 12.5 Å². The lowest BCUT2D eigenvalue weighted by molar-refractivity contribution is -0.123. The summed E-state index contributed by atoms with van der Waals surface area (Å²) in [6, 6.07) is 8.42. The standard InChI is InChI=1S/C23H37NO2/c1-2-12-20-15-17-22(18-16-20)26-19-23(25)24-21-13-10-8-6-4-3-5-7-9-11-14-21/h15-18,21H,2-14,19H2,1H3,(H,24,25). The van der Waals surface area contributed by atoms with Gasteiger partial charge in [-0.25, -0.2) is 0 Å². The molecule has 0 saturated heterocycles. The maximum atomic E-state index is 12.3. The molecule has 3 nitrogen and oxygen atoms in total. The number of carbonyl (C=O) groups is 1. The second-order valence-corrected chi connectivity index (χ2v) is 7.71. The molecule has 1 aromatic carbocycles. The largest absolute Gasteiger partial charge is 0.484 e. The first-order chi connectivity index (χ1) is 12.8. The first kappa shape index (κ1) is 20.8. The van der Waals surface area contributed by atoms with Crippen LogP contribution in [-0.4, -0.2) is 18.6 Å². The molecule has 1 saturated carbocycles. The van der Waals surface area contributed by atoms with Gasteiger partial charge in [-0.1, -0.05) is 83.3 Å². The first-order valence-corrected chi connectivity index (χ1v) is 10.8. The predicted molar refractivity (Wildman–Crippen MR) is 109 cm³/mol. The molecule has 1 fully saturated rings. The molecular weight excluding hydrogens is 322 g/mol. The Morgan fingerprint density at radius 2 is 1.46 bits per heavy atom. The van der Waals surface area contributed by atoms with Crippen LogP contribution in [0.5, 0.6) is 5.75 Å². The number of benzene rings is 1. The number of carbonyl (C=O) groups excluding carboxylic acids is 1. The van der Waals surface area contributed by atoms with Crippen molar-refractivity contribution >= 4 is 5.91 Å². The molecule has 1 aromatic rings. The molecule has 0 atom stereocenters. The molecular formula is C23H37NO2. The van der Waals surface area contributed by atoms with Crippen LogP contribution in [-0.2, 0) is 11.2 Å². The van der Waals surface area contributed by atoms with Crippen LogP contribution in [0.25, 0.3) is 0 Å². The minimum absolute atomic E-state index is 0.0136. The zero-order chi connectivity index (χ0) is 18.5. The van der Waals surface area contributed by atoms with E-state index in [0.29, 0.717) is 6.04 Å². The van der Waals surface area contributed by atoms with Crippen LogP contribution in [0.1, 0.15) is 89.5 Å². The highest BCUT2D eigenvalue weighted by atomic mass is 16.5. The monoisotopic (exact) mass is 359 g/mol. The van der Waals surface area contributed by atoms with Crippen molar-refractivity contribution < 1.29 is 9.53 Å². The van der Waals surface area contributed by atoms with Crippen molar-refractivity contribution in [3.05, 3.63) is 29.8 Å². The summed E-state index contributed by atoms with van der Waals surface area (Å²) in [5.74, 6) is 0.790. The van der Waals surface area contributed by atoms with E-state index in [9.17, 15) is 4.79 Å². The molecule has 1 aliphatic carbocycles. The van der Waals surface area contributed by atoms with Gasteiger partial charge in [-0.15, -0.1) is 0 Å². The summed E-state index contributed by atoms with van der Waals surface area (Å²) < 4.78 is 5.67. The fraction of sp³-hybridized carbons (Fsp3) is 0.696. The van der Waals surface area contributed by atoms with Crippen molar-refractivity contribution in [1.82, 2.24) is 5.32 Å². The lowest BCUT2D eigenvalue weighted by Gasteiger charge is -2.19. The molecule has 1 amide bonds. The average Bonchev–Trinajstić information content (AvgIpc) is 2.64. The van der Waals surface area contributed by atoms with Gasteiger partial charge in [-0.05, 0) is 37.0 Å². The maximum absolute atomic E-state index is 12.3. The van der Waals surface area contributed by atoms with Gasteiger partial charge >= 0.3 is 0 Å². The van der Waals surface area contributed by atoms with Gasteiger partial charge in [0.2, 0.25) is 0 Å². The average molecular weight is 360 g/mol. The molecule has 0 bridgehead atoms. The van der Waals surface area contributed by atoms with E-state index < -0.39 is 0 Å². The van der Waals surface area contributed by atoms with E-state index in [1.807, 2.05) is 12.1 Å². The molecule has 0 aliphatic heterocycles. The minimum Gasteiger partial charge on any atom is -0.484 e. The van der Waals surface area contributed by atoms with Gasteiger partial charge < -0.3 is 10.1 Å². The van der Waals surface area contributed by atoms with Gasteiger partial charge in [0.15, 0.2) is 6.61 Å². The van der Waals surface area contributed by atoms with Gasteiger partial charge in [0, 0.05) is 6.04 Å². The smallest absolute Gasteiger partial charge is 0.258 e. The van der Waals surface area contributed by atoms with Crippen molar-refractivity contribution in [2.45, 2.75) is 96.4 Å². The lowest BCUT2D eigenvalue weighted by atomic mass is 9.98. The zero-order valence-corrected chi connectivity index (χ0v) is 16.6. The summed E-state index contributed by atoms with van der Waals surface area (Å²) in [7, 11) is 0. The van der Waals surface area contributed by atoms with E-state index in [1.165, 1.54) is 63.4 Å². The highest BCUT2D eigenvalue weighted by molar-refractivity contribution is 5.77. The lowest BCUT2D eigenvalue weighted by Crippen LogP contribution is -2.38. The van der Waals surface area contributed by atoms with E-state index in [1.54, 1.807) is 0 Å². The quantitative estimate of drug-likeness (QED) is 0.696. The molecule has 3 heteroatoms. The molecule has 26 heavy (non-hydrogen) atoms. The Hall–Kier alpha value is -1.51. The molecule has 1 N–H and O–H groups in total. The Bertz CT molecular complexity index is 485. The molecule has 0 radical (unpaired) electrons. The molecule has 1 aliphatic rings. The highest BCUT2D eigenvalue weighted by Gasteiger charge is 2.13. The van der Waals surface area contributed by atoms with Crippen molar-refractivity contribution in [3.8, 4) is 5.75 Å². The van der Waals surface area contributed by atoms with Crippen molar-refractivity contribution in [2.75, 3.05) is 6.61 Å². The molecule has 146 valence electrons. The van der Waals surface area contributed by atoms with Gasteiger partial charge in [0.25, 0.3) is 5.91 Å². The summed E-state index contributed by atoms with van der Waals surface area (Å²) >= 11 is 0. The van der Waals surface area contributed by atoms with Crippen LogP contribution in [0.2, 0.25) is 0 Å².